The molecule has 1 atom stereocenters. The van der Waals surface area contributed by atoms with Crippen LogP contribution in [0.15, 0.2) is 23.0 Å². The molecule has 1 unspecified atom stereocenters. The molecule has 9 heteroatoms. The Kier molecular flexibility index (Phi) is 4.59. The quantitative estimate of drug-likeness (QED) is 0.740. The topological polar surface area (TPSA) is 113 Å². The number of carbonyl (C=O) groups is 1. The molecule has 0 saturated carbocycles. The first-order chi connectivity index (χ1) is 11.5. The number of aromatic nitrogens is 2. The number of halogens is 1. The Bertz CT molecular complexity index is 838. The molecule has 0 radical (unpaired) electrons. The predicted molar refractivity (Wildman–Crippen MR) is 91.3 cm³/mol. The Morgan fingerprint density at radius 2 is 2.29 bits per heavy atom. The molecule has 1 saturated heterocycles. The maximum absolute atomic E-state index is 13.0. The summed E-state index contributed by atoms with van der Waals surface area (Å²) in [5.41, 5.74) is 5.93. The fourth-order valence-electron chi connectivity index (χ4n) is 3.03. The molecule has 0 aliphatic carbocycles. The van der Waals surface area contributed by atoms with Crippen LogP contribution in [0.2, 0.25) is 5.02 Å². The fourth-order valence-corrected chi connectivity index (χ4v) is 3.28. The van der Waals surface area contributed by atoms with Crippen LogP contribution in [0, 0.1) is 0 Å². The number of nitrogens with one attached hydrogen (secondary N) is 1. The standard InChI is InChI=1S/C15H18ClN5O3/c16-10-2-1-3-11-13(10)14(22)21(12(19-11)4-6-17)20-7-5-9(8-20)18-15(23)24/h1-3,9,18H,4-8,17H2,(H,23,24). The molecule has 1 aromatic carbocycles. The number of nitrogens with zero attached hydrogens (tertiary/aromatic N) is 3. The zero-order valence-corrected chi connectivity index (χ0v) is 13.7. The first-order valence-electron chi connectivity index (χ1n) is 7.66. The largest absolute Gasteiger partial charge is 0.465 e. The van der Waals surface area contributed by atoms with Crippen molar-refractivity contribution in [3.05, 3.63) is 39.4 Å². The normalized spacial score (nSPS) is 17.4. The van der Waals surface area contributed by atoms with E-state index in [0.717, 1.165) is 0 Å². The number of benzene rings is 1. The second kappa shape index (κ2) is 6.66. The molecule has 1 aromatic heterocycles. The van der Waals surface area contributed by atoms with Gasteiger partial charge in [0.05, 0.1) is 28.5 Å². The Balaban J connectivity index is 2.07. The van der Waals surface area contributed by atoms with Gasteiger partial charge in [0.15, 0.2) is 0 Å². The number of nitrogens with two attached hydrogens (primary N) is 1. The molecule has 0 spiro atoms. The maximum Gasteiger partial charge on any atom is 0.404 e. The highest BCUT2D eigenvalue weighted by Crippen LogP contribution is 2.20. The average Bonchev–Trinajstić information content (AvgIpc) is 2.94. The highest BCUT2D eigenvalue weighted by molar-refractivity contribution is 6.35. The van der Waals surface area contributed by atoms with Crippen molar-refractivity contribution in [2.75, 3.05) is 24.6 Å². The minimum Gasteiger partial charge on any atom is -0.465 e. The van der Waals surface area contributed by atoms with E-state index in [2.05, 4.69) is 10.3 Å². The number of fused-ring (bicyclic) bond motifs is 1. The summed E-state index contributed by atoms with van der Waals surface area (Å²) in [6, 6.07) is 4.91. The smallest absolute Gasteiger partial charge is 0.404 e. The Hall–Kier alpha value is -2.32. The number of hydrogen-bond donors (Lipinski definition) is 3. The molecule has 128 valence electrons. The van der Waals surface area contributed by atoms with Gasteiger partial charge in [0.2, 0.25) is 0 Å². The molecular weight excluding hydrogens is 334 g/mol. The molecule has 1 amide bonds. The zero-order chi connectivity index (χ0) is 17.3. The SMILES string of the molecule is NCCc1nc2cccc(Cl)c2c(=O)n1N1CCC(NC(=O)O)C1. The molecule has 2 aromatic rings. The van der Waals surface area contributed by atoms with Gasteiger partial charge in [0.25, 0.3) is 5.56 Å². The summed E-state index contributed by atoms with van der Waals surface area (Å²) in [5.74, 6) is 0.549. The van der Waals surface area contributed by atoms with Crippen LogP contribution in [0.3, 0.4) is 0 Å². The summed E-state index contributed by atoms with van der Waals surface area (Å²) in [6.45, 7) is 1.28. The third kappa shape index (κ3) is 3.02. The molecule has 0 bridgehead atoms. The van der Waals surface area contributed by atoms with Crippen LogP contribution in [-0.2, 0) is 6.42 Å². The van der Waals surface area contributed by atoms with Crippen LogP contribution < -0.4 is 21.6 Å². The van der Waals surface area contributed by atoms with E-state index in [1.165, 1.54) is 4.68 Å². The van der Waals surface area contributed by atoms with Crippen LogP contribution in [-0.4, -0.2) is 46.5 Å². The minimum absolute atomic E-state index is 0.234. The number of amides is 1. The lowest BCUT2D eigenvalue weighted by Crippen LogP contribution is -2.46. The van der Waals surface area contributed by atoms with Gasteiger partial charge in [-0.1, -0.05) is 17.7 Å². The summed E-state index contributed by atoms with van der Waals surface area (Å²) in [5, 5.41) is 13.8. The highest BCUT2D eigenvalue weighted by Gasteiger charge is 2.27. The fraction of sp³-hybridized carbons (Fsp3) is 0.400. The number of rotatable bonds is 4. The average molecular weight is 352 g/mol. The second-order valence-electron chi connectivity index (χ2n) is 5.67. The lowest BCUT2D eigenvalue weighted by molar-refractivity contribution is 0.190. The molecule has 24 heavy (non-hydrogen) atoms. The molecule has 2 heterocycles. The van der Waals surface area contributed by atoms with Crippen molar-refractivity contribution < 1.29 is 9.90 Å². The molecule has 1 fully saturated rings. The Morgan fingerprint density at radius 1 is 1.50 bits per heavy atom. The van der Waals surface area contributed by atoms with E-state index in [0.29, 0.717) is 54.2 Å². The van der Waals surface area contributed by atoms with Gasteiger partial charge < -0.3 is 21.2 Å². The molecule has 4 N–H and O–H groups in total. The number of hydrogen-bond acceptors (Lipinski definition) is 5. The van der Waals surface area contributed by atoms with Crippen molar-refractivity contribution in [3.63, 3.8) is 0 Å². The Labute approximate surface area is 142 Å². The van der Waals surface area contributed by atoms with Crippen molar-refractivity contribution in [1.82, 2.24) is 15.0 Å². The summed E-state index contributed by atoms with van der Waals surface area (Å²) < 4.78 is 1.49. The van der Waals surface area contributed by atoms with E-state index in [9.17, 15) is 9.59 Å². The van der Waals surface area contributed by atoms with Gasteiger partial charge in [-0.15, -0.1) is 0 Å². The minimum atomic E-state index is -1.07. The third-order valence-electron chi connectivity index (χ3n) is 4.04. The summed E-state index contributed by atoms with van der Waals surface area (Å²) in [4.78, 5) is 28.3. The van der Waals surface area contributed by atoms with E-state index in [1.54, 1.807) is 23.2 Å². The van der Waals surface area contributed by atoms with Crippen LogP contribution >= 0.6 is 11.6 Å². The zero-order valence-electron chi connectivity index (χ0n) is 12.9. The van der Waals surface area contributed by atoms with Crippen LogP contribution in [0.4, 0.5) is 4.79 Å². The Morgan fingerprint density at radius 3 is 3.00 bits per heavy atom. The van der Waals surface area contributed by atoms with Crippen molar-refractivity contribution in [3.8, 4) is 0 Å². The van der Waals surface area contributed by atoms with E-state index < -0.39 is 6.09 Å². The first kappa shape index (κ1) is 16.5. The third-order valence-corrected chi connectivity index (χ3v) is 4.35. The monoisotopic (exact) mass is 351 g/mol. The first-order valence-corrected chi connectivity index (χ1v) is 8.04. The van der Waals surface area contributed by atoms with Crippen LogP contribution in [0.1, 0.15) is 12.2 Å². The summed E-state index contributed by atoms with van der Waals surface area (Å²) in [7, 11) is 0. The van der Waals surface area contributed by atoms with E-state index in [-0.39, 0.29) is 11.6 Å². The van der Waals surface area contributed by atoms with E-state index >= 15 is 0 Å². The van der Waals surface area contributed by atoms with Gasteiger partial charge in [-0.2, -0.15) is 0 Å². The molecule has 1 aliphatic rings. The predicted octanol–water partition coefficient (Wildman–Crippen LogP) is 0.529. The molecule has 3 rings (SSSR count). The molecular formula is C15H18ClN5O3. The van der Waals surface area contributed by atoms with Gasteiger partial charge in [-0.25, -0.2) is 14.5 Å². The van der Waals surface area contributed by atoms with Crippen LogP contribution in [0.25, 0.3) is 10.9 Å². The van der Waals surface area contributed by atoms with Gasteiger partial charge in [-0.3, -0.25) is 4.79 Å². The summed E-state index contributed by atoms with van der Waals surface area (Å²) >= 11 is 6.18. The van der Waals surface area contributed by atoms with E-state index in [4.69, 9.17) is 22.4 Å². The van der Waals surface area contributed by atoms with E-state index in [1.807, 2.05) is 0 Å². The lowest BCUT2D eigenvalue weighted by atomic mass is 10.2. The second-order valence-corrected chi connectivity index (χ2v) is 6.07. The van der Waals surface area contributed by atoms with Crippen molar-refractivity contribution in [2.45, 2.75) is 18.9 Å². The van der Waals surface area contributed by atoms with Gasteiger partial charge in [-0.05, 0) is 25.1 Å². The van der Waals surface area contributed by atoms with Crippen LogP contribution in [0.5, 0.6) is 0 Å². The molecule has 1 aliphatic heterocycles. The van der Waals surface area contributed by atoms with Crippen molar-refractivity contribution in [2.24, 2.45) is 5.73 Å². The highest BCUT2D eigenvalue weighted by atomic mass is 35.5. The van der Waals surface area contributed by atoms with Crippen molar-refractivity contribution in [1.29, 1.82) is 0 Å². The molecule has 8 nitrogen and oxygen atoms in total. The van der Waals surface area contributed by atoms with Crippen molar-refractivity contribution >= 4 is 28.6 Å². The number of carboxylic acid groups (broad SMARTS) is 1. The summed E-state index contributed by atoms with van der Waals surface area (Å²) in [6.07, 6.45) is -0.0249. The van der Waals surface area contributed by atoms with Gasteiger partial charge in [0.1, 0.15) is 5.82 Å². The maximum atomic E-state index is 13.0. The van der Waals surface area contributed by atoms with Gasteiger partial charge in [0, 0.05) is 13.0 Å². The lowest BCUT2D eigenvalue weighted by Gasteiger charge is -2.24. The van der Waals surface area contributed by atoms with Gasteiger partial charge >= 0.3 is 6.09 Å².